The fourth-order valence-electron chi connectivity index (χ4n) is 1.92. The number of ether oxygens (including phenoxy) is 3. The number of benzene rings is 2. The Labute approximate surface area is 149 Å². The maximum atomic E-state index is 12.9. The molecule has 1 N–H and O–H groups in total. The van der Waals surface area contributed by atoms with Crippen molar-refractivity contribution in [1.82, 2.24) is 5.43 Å². The highest BCUT2D eigenvalue weighted by atomic mass is 19.1. The second kappa shape index (κ2) is 9.16. The van der Waals surface area contributed by atoms with E-state index in [1.54, 1.807) is 19.1 Å². The van der Waals surface area contributed by atoms with Crippen molar-refractivity contribution >= 4 is 18.3 Å². The van der Waals surface area contributed by atoms with E-state index in [-0.39, 0.29) is 17.9 Å². The highest BCUT2D eigenvalue weighted by Crippen LogP contribution is 2.28. The van der Waals surface area contributed by atoms with E-state index in [1.807, 2.05) is 0 Å². The van der Waals surface area contributed by atoms with E-state index in [2.05, 4.69) is 15.3 Å². The molecule has 0 fully saturated rings. The Morgan fingerprint density at radius 3 is 2.54 bits per heavy atom. The predicted molar refractivity (Wildman–Crippen MR) is 92.1 cm³/mol. The van der Waals surface area contributed by atoms with Gasteiger partial charge in [0.15, 0.2) is 11.5 Å². The van der Waals surface area contributed by atoms with Crippen LogP contribution in [0.1, 0.15) is 22.8 Å². The molecule has 0 unspecified atom stereocenters. The average molecular weight is 360 g/mol. The van der Waals surface area contributed by atoms with Crippen molar-refractivity contribution in [2.24, 2.45) is 5.10 Å². The number of amides is 1. The molecule has 0 atom stereocenters. The van der Waals surface area contributed by atoms with Crippen LogP contribution < -0.4 is 14.9 Å². The largest absolute Gasteiger partial charge is 0.493 e. The van der Waals surface area contributed by atoms with Gasteiger partial charge in [0.05, 0.1) is 25.5 Å². The summed E-state index contributed by atoms with van der Waals surface area (Å²) in [6, 6.07) is 9.70. The second-order valence-corrected chi connectivity index (χ2v) is 4.90. The van der Waals surface area contributed by atoms with Crippen LogP contribution in [0.4, 0.5) is 9.18 Å². The number of carbonyl (C=O) groups is 2. The number of hydrogen-bond donors (Lipinski definition) is 1. The monoisotopic (exact) mass is 360 g/mol. The third-order valence-electron chi connectivity index (χ3n) is 3.12. The maximum absolute atomic E-state index is 12.9. The van der Waals surface area contributed by atoms with E-state index in [0.717, 1.165) is 0 Å². The first-order valence-corrected chi connectivity index (χ1v) is 7.65. The lowest BCUT2D eigenvalue weighted by molar-refractivity contribution is 0.0729. The number of carbonyl (C=O) groups excluding carboxylic acids is 2. The van der Waals surface area contributed by atoms with Crippen molar-refractivity contribution in [1.29, 1.82) is 0 Å². The molecule has 0 aliphatic rings. The van der Waals surface area contributed by atoms with E-state index in [4.69, 9.17) is 9.47 Å². The van der Waals surface area contributed by atoms with Gasteiger partial charge in [0, 0.05) is 0 Å². The fraction of sp³-hybridized carbons (Fsp3) is 0.167. The van der Waals surface area contributed by atoms with Gasteiger partial charge >= 0.3 is 12.1 Å². The topological polar surface area (TPSA) is 86.2 Å². The van der Waals surface area contributed by atoms with Gasteiger partial charge in [-0.2, -0.15) is 5.10 Å². The van der Waals surface area contributed by atoms with Crippen molar-refractivity contribution in [3.8, 4) is 11.5 Å². The van der Waals surface area contributed by atoms with Crippen LogP contribution in [-0.4, -0.2) is 32.0 Å². The molecule has 2 aromatic carbocycles. The van der Waals surface area contributed by atoms with E-state index >= 15 is 0 Å². The van der Waals surface area contributed by atoms with Crippen LogP contribution in [0.3, 0.4) is 0 Å². The van der Waals surface area contributed by atoms with E-state index in [0.29, 0.717) is 11.3 Å². The maximum Gasteiger partial charge on any atom is 0.427 e. The number of hydrogen-bond acceptors (Lipinski definition) is 6. The highest BCUT2D eigenvalue weighted by Gasteiger charge is 2.13. The summed E-state index contributed by atoms with van der Waals surface area (Å²) in [7, 11) is 1.42. The molecule has 7 nitrogen and oxygen atoms in total. The zero-order chi connectivity index (χ0) is 18.9. The molecule has 0 saturated heterocycles. The summed E-state index contributed by atoms with van der Waals surface area (Å²) in [4.78, 5) is 23.2. The molecule has 0 aliphatic carbocycles. The van der Waals surface area contributed by atoms with Gasteiger partial charge in [-0.15, -0.1) is 0 Å². The van der Waals surface area contributed by atoms with Crippen LogP contribution in [-0.2, 0) is 4.74 Å². The number of esters is 1. The van der Waals surface area contributed by atoms with Gasteiger partial charge in [0.2, 0.25) is 0 Å². The third-order valence-corrected chi connectivity index (χ3v) is 3.12. The van der Waals surface area contributed by atoms with Crippen molar-refractivity contribution < 1.29 is 28.2 Å². The number of methoxy groups -OCH3 is 1. The zero-order valence-corrected chi connectivity index (χ0v) is 14.2. The van der Waals surface area contributed by atoms with Gasteiger partial charge in [-0.25, -0.2) is 19.4 Å². The molecule has 0 spiro atoms. The first-order chi connectivity index (χ1) is 12.5. The molecule has 8 heteroatoms. The van der Waals surface area contributed by atoms with E-state index in [1.165, 1.54) is 43.7 Å². The number of nitrogens with one attached hydrogen (secondary N) is 1. The van der Waals surface area contributed by atoms with Crippen LogP contribution in [0, 0.1) is 5.82 Å². The van der Waals surface area contributed by atoms with Gasteiger partial charge in [0.1, 0.15) is 5.82 Å². The Kier molecular flexibility index (Phi) is 6.67. The van der Waals surface area contributed by atoms with Gasteiger partial charge in [-0.05, 0) is 55.0 Å². The molecular formula is C18H17FN2O5. The SMILES string of the molecule is CCOC(=O)N/N=C/c1ccc(OC(=O)c2ccc(F)cc2)c(OC)c1. The molecular weight excluding hydrogens is 343 g/mol. The van der Waals surface area contributed by atoms with Crippen molar-refractivity contribution in [2.45, 2.75) is 6.92 Å². The molecule has 0 heterocycles. The first-order valence-electron chi connectivity index (χ1n) is 7.65. The summed E-state index contributed by atoms with van der Waals surface area (Å²) in [6.45, 7) is 1.92. The second-order valence-electron chi connectivity index (χ2n) is 4.90. The molecule has 0 radical (unpaired) electrons. The Balaban J connectivity index is 2.08. The Morgan fingerprint density at radius 2 is 1.88 bits per heavy atom. The van der Waals surface area contributed by atoms with Gasteiger partial charge < -0.3 is 14.2 Å². The normalized spacial score (nSPS) is 10.4. The number of rotatable bonds is 6. The quantitative estimate of drug-likeness (QED) is 0.370. The molecule has 0 aromatic heterocycles. The molecule has 0 saturated carbocycles. The molecule has 26 heavy (non-hydrogen) atoms. The number of hydrazone groups is 1. The predicted octanol–water partition coefficient (Wildman–Crippen LogP) is 3.13. The molecule has 0 aliphatic heterocycles. The zero-order valence-electron chi connectivity index (χ0n) is 14.2. The average Bonchev–Trinajstić information content (AvgIpc) is 2.63. The van der Waals surface area contributed by atoms with Crippen molar-refractivity contribution in [3.05, 3.63) is 59.4 Å². The molecule has 2 aromatic rings. The summed E-state index contributed by atoms with van der Waals surface area (Å²) in [5.41, 5.74) is 3.00. The lowest BCUT2D eigenvalue weighted by atomic mass is 10.2. The standard InChI is InChI=1S/C18H17FN2O5/c1-3-25-18(23)21-20-11-12-4-9-15(16(10-12)24-2)26-17(22)13-5-7-14(19)8-6-13/h4-11H,3H2,1-2H3,(H,21,23)/b20-11+. The molecule has 0 bridgehead atoms. The minimum absolute atomic E-state index is 0.192. The third kappa shape index (κ3) is 5.30. The molecule has 1 amide bonds. The van der Waals surface area contributed by atoms with Crippen LogP contribution in [0.25, 0.3) is 0 Å². The van der Waals surface area contributed by atoms with Crippen molar-refractivity contribution in [3.63, 3.8) is 0 Å². The minimum Gasteiger partial charge on any atom is -0.493 e. The molecule has 136 valence electrons. The first kappa shape index (κ1) is 18.9. The Bertz CT molecular complexity index is 806. The van der Waals surface area contributed by atoms with Crippen LogP contribution >= 0.6 is 0 Å². The van der Waals surface area contributed by atoms with Crippen molar-refractivity contribution in [2.75, 3.05) is 13.7 Å². The van der Waals surface area contributed by atoms with Gasteiger partial charge in [0.25, 0.3) is 0 Å². The summed E-state index contributed by atoms with van der Waals surface area (Å²) in [5.74, 6) is -0.606. The van der Waals surface area contributed by atoms with Gasteiger partial charge in [-0.3, -0.25) is 0 Å². The summed E-state index contributed by atoms with van der Waals surface area (Å²) < 4.78 is 28.1. The van der Waals surface area contributed by atoms with E-state index < -0.39 is 17.9 Å². The van der Waals surface area contributed by atoms with Crippen LogP contribution in [0.15, 0.2) is 47.6 Å². The van der Waals surface area contributed by atoms with Crippen LogP contribution in [0.5, 0.6) is 11.5 Å². The number of halogens is 1. The Morgan fingerprint density at radius 1 is 1.15 bits per heavy atom. The number of nitrogens with zero attached hydrogens (tertiary/aromatic N) is 1. The summed E-state index contributed by atoms with van der Waals surface area (Å²) in [6.07, 6.45) is 0.714. The van der Waals surface area contributed by atoms with Crippen LogP contribution in [0.2, 0.25) is 0 Å². The lowest BCUT2D eigenvalue weighted by Gasteiger charge is -2.10. The smallest absolute Gasteiger partial charge is 0.427 e. The summed E-state index contributed by atoms with van der Waals surface area (Å²) in [5, 5.41) is 3.73. The van der Waals surface area contributed by atoms with Gasteiger partial charge in [-0.1, -0.05) is 0 Å². The van der Waals surface area contributed by atoms with E-state index in [9.17, 15) is 14.0 Å². The minimum atomic E-state index is -0.666. The molecule has 2 rings (SSSR count). The summed E-state index contributed by atoms with van der Waals surface area (Å²) >= 11 is 0. The Hall–Kier alpha value is -3.42. The fourth-order valence-corrected chi connectivity index (χ4v) is 1.92. The lowest BCUT2D eigenvalue weighted by Crippen LogP contribution is -2.18. The highest BCUT2D eigenvalue weighted by molar-refractivity contribution is 5.91.